The number of hydrogen-bond acceptors (Lipinski definition) is 4. The predicted octanol–water partition coefficient (Wildman–Crippen LogP) is 3.53. The quantitative estimate of drug-likeness (QED) is 0.821. The lowest BCUT2D eigenvalue weighted by molar-refractivity contribution is -0.139. The number of amides is 1. The third-order valence-electron chi connectivity index (χ3n) is 3.93. The highest BCUT2D eigenvalue weighted by Gasteiger charge is 2.24. The molecule has 0 aromatic heterocycles. The maximum atomic E-state index is 11.8. The molecule has 1 aromatic carbocycles. The van der Waals surface area contributed by atoms with Crippen molar-refractivity contribution in [3.8, 4) is 5.75 Å². The summed E-state index contributed by atoms with van der Waals surface area (Å²) in [5, 5.41) is 11.8. The van der Waals surface area contributed by atoms with Crippen molar-refractivity contribution in [1.82, 2.24) is 5.32 Å². The number of nitrogens with one attached hydrogen (secondary N) is 1. The van der Waals surface area contributed by atoms with Crippen LogP contribution in [0.15, 0.2) is 24.3 Å². The monoisotopic (exact) mass is 349 g/mol. The van der Waals surface area contributed by atoms with Crippen LogP contribution in [-0.2, 0) is 16.0 Å². The highest BCUT2D eigenvalue weighted by Crippen LogP contribution is 2.25. The van der Waals surface area contributed by atoms with Gasteiger partial charge in [0.1, 0.15) is 17.4 Å². The molecule has 6 nitrogen and oxygen atoms in total. The summed E-state index contributed by atoms with van der Waals surface area (Å²) in [5.74, 6) is -0.362. The molecule has 1 unspecified atom stereocenters. The predicted molar refractivity (Wildman–Crippen MR) is 93.8 cm³/mol. The molecular weight excluding hydrogens is 322 g/mol. The summed E-state index contributed by atoms with van der Waals surface area (Å²) in [6.07, 6.45) is 4.15. The molecule has 0 heterocycles. The second-order valence-corrected chi connectivity index (χ2v) is 7.41. The third-order valence-corrected chi connectivity index (χ3v) is 3.93. The Bertz CT molecular complexity index is 602. The molecule has 1 fully saturated rings. The summed E-state index contributed by atoms with van der Waals surface area (Å²) in [7, 11) is 0. The van der Waals surface area contributed by atoms with Crippen molar-refractivity contribution in [1.29, 1.82) is 0 Å². The van der Waals surface area contributed by atoms with Crippen LogP contribution in [0.5, 0.6) is 5.75 Å². The first-order chi connectivity index (χ1) is 11.7. The van der Waals surface area contributed by atoms with Crippen LogP contribution >= 0.6 is 0 Å². The van der Waals surface area contributed by atoms with E-state index in [0.717, 1.165) is 24.2 Å². The van der Waals surface area contributed by atoms with E-state index in [9.17, 15) is 14.7 Å². The van der Waals surface area contributed by atoms with Crippen LogP contribution in [0.25, 0.3) is 0 Å². The number of hydrogen-bond donors (Lipinski definition) is 2. The standard InChI is InChI=1S/C19H27NO5/c1-19(2,3)25-18(23)20-16(17(21)22)12-13-7-6-10-15(11-13)24-14-8-4-5-9-14/h6-7,10-11,14,16H,4-5,8-9,12H2,1-3H3,(H,20,23)(H,21,22). The van der Waals surface area contributed by atoms with E-state index in [0.29, 0.717) is 0 Å². The molecule has 1 aliphatic rings. The fraction of sp³-hybridized carbons (Fsp3) is 0.579. The molecule has 1 saturated carbocycles. The van der Waals surface area contributed by atoms with E-state index in [-0.39, 0.29) is 12.5 Å². The molecule has 0 spiro atoms. The van der Waals surface area contributed by atoms with Crippen molar-refractivity contribution in [2.24, 2.45) is 0 Å². The highest BCUT2D eigenvalue weighted by molar-refractivity contribution is 5.80. The normalized spacial score (nSPS) is 16.3. The van der Waals surface area contributed by atoms with E-state index in [1.807, 2.05) is 24.3 Å². The van der Waals surface area contributed by atoms with Gasteiger partial charge >= 0.3 is 12.1 Å². The van der Waals surface area contributed by atoms with Gasteiger partial charge < -0.3 is 19.9 Å². The van der Waals surface area contributed by atoms with Gasteiger partial charge in [0.2, 0.25) is 0 Å². The molecule has 1 atom stereocenters. The lowest BCUT2D eigenvalue weighted by Crippen LogP contribution is -2.44. The zero-order valence-corrected chi connectivity index (χ0v) is 15.1. The molecule has 138 valence electrons. The molecule has 6 heteroatoms. The van der Waals surface area contributed by atoms with Gasteiger partial charge in [-0.25, -0.2) is 9.59 Å². The summed E-state index contributed by atoms with van der Waals surface area (Å²) in [6.45, 7) is 5.19. The van der Waals surface area contributed by atoms with Gasteiger partial charge in [0, 0.05) is 6.42 Å². The smallest absolute Gasteiger partial charge is 0.408 e. The summed E-state index contributed by atoms with van der Waals surface area (Å²) in [6, 6.07) is 6.32. The highest BCUT2D eigenvalue weighted by atomic mass is 16.6. The second kappa shape index (κ2) is 8.23. The van der Waals surface area contributed by atoms with Gasteiger partial charge in [-0.15, -0.1) is 0 Å². The Morgan fingerprint density at radius 2 is 1.96 bits per heavy atom. The Hall–Kier alpha value is -2.24. The van der Waals surface area contributed by atoms with Crippen molar-refractivity contribution in [3.05, 3.63) is 29.8 Å². The average Bonchev–Trinajstić information content (AvgIpc) is 2.98. The van der Waals surface area contributed by atoms with Gasteiger partial charge in [-0.05, 0) is 64.2 Å². The number of carboxylic acids is 1. The Kier molecular flexibility index (Phi) is 6.28. The minimum atomic E-state index is -1.10. The molecule has 0 saturated heterocycles. The van der Waals surface area contributed by atoms with E-state index in [2.05, 4.69) is 5.32 Å². The number of carbonyl (C=O) groups is 2. The van der Waals surface area contributed by atoms with E-state index in [4.69, 9.17) is 9.47 Å². The van der Waals surface area contributed by atoms with E-state index in [1.54, 1.807) is 20.8 Å². The minimum Gasteiger partial charge on any atom is -0.490 e. The van der Waals surface area contributed by atoms with Crippen molar-refractivity contribution < 1.29 is 24.2 Å². The lowest BCUT2D eigenvalue weighted by atomic mass is 10.1. The molecular formula is C19H27NO5. The molecule has 0 aliphatic heterocycles. The molecule has 2 N–H and O–H groups in total. The number of carbonyl (C=O) groups excluding carboxylic acids is 1. The summed E-state index contributed by atoms with van der Waals surface area (Å²) < 4.78 is 11.1. The van der Waals surface area contributed by atoms with Gasteiger partial charge in [0.15, 0.2) is 0 Å². The Morgan fingerprint density at radius 1 is 1.28 bits per heavy atom. The summed E-state index contributed by atoms with van der Waals surface area (Å²) in [4.78, 5) is 23.3. The van der Waals surface area contributed by atoms with E-state index in [1.165, 1.54) is 12.8 Å². The maximum Gasteiger partial charge on any atom is 0.408 e. The van der Waals surface area contributed by atoms with Crippen molar-refractivity contribution in [3.63, 3.8) is 0 Å². The van der Waals surface area contributed by atoms with E-state index < -0.39 is 23.7 Å². The SMILES string of the molecule is CC(C)(C)OC(=O)NC(Cc1cccc(OC2CCCC2)c1)C(=O)O. The third kappa shape index (κ3) is 6.64. The van der Waals surface area contributed by atoms with Gasteiger partial charge in [0.05, 0.1) is 6.10 Å². The molecule has 1 aliphatic carbocycles. The van der Waals surface area contributed by atoms with Crippen LogP contribution in [0.1, 0.15) is 52.0 Å². The first-order valence-electron chi connectivity index (χ1n) is 8.71. The number of benzene rings is 1. The zero-order chi connectivity index (χ0) is 18.4. The van der Waals surface area contributed by atoms with Crippen LogP contribution in [0.3, 0.4) is 0 Å². The van der Waals surface area contributed by atoms with Crippen molar-refractivity contribution in [2.75, 3.05) is 0 Å². The van der Waals surface area contributed by atoms with E-state index >= 15 is 0 Å². The molecule has 0 bridgehead atoms. The van der Waals surface area contributed by atoms with Gasteiger partial charge in [-0.1, -0.05) is 12.1 Å². The van der Waals surface area contributed by atoms with Crippen molar-refractivity contribution in [2.45, 2.75) is 70.6 Å². The van der Waals surface area contributed by atoms with Crippen LogP contribution < -0.4 is 10.1 Å². The number of aliphatic carboxylic acids is 1. The summed E-state index contributed by atoms with van der Waals surface area (Å²) in [5.41, 5.74) is 0.112. The number of alkyl carbamates (subject to hydrolysis) is 1. The Balaban J connectivity index is 1.98. The van der Waals surface area contributed by atoms with Crippen molar-refractivity contribution >= 4 is 12.1 Å². The number of ether oxygens (including phenoxy) is 2. The van der Waals surface area contributed by atoms with Crippen LogP contribution in [0.2, 0.25) is 0 Å². The topological polar surface area (TPSA) is 84.9 Å². The molecule has 1 amide bonds. The van der Waals surface area contributed by atoms with Gasteiger partial charge in [-0.3, -0.25) is 0 Å². The largest absolute Gasteiger partial charge is 0.490 e. The van der Waals surface area contributed by atoms with Crippen LogP contribution in [-0.4, -0.2) is 34.9 Å². The lowest BCUT2D eigenvalue weighted by Gasteiger charge is -2.22. The molecule has 25 heavy (non-hydrogen) atoms. The average molecular weight is 349 g/mol. The van der Waals surface area contributed by atoms with Crippen LogP contribution in [0, 0.1) is 0 Å². The van der Waals surface area contributed by atoms with Gasteiger partial charge in [0.25, 0.3) is 0 Å². The zero-order valence-electron chi connectivity index (χ0n) is 15.1. The van der Waals surface area contributed by atoms with Crippen LogP contribution in [0.4, 0.5) is 4.79 Å². The number of rotatable bonds is 6. The maximum absolute atomic E-state index is 11.8. The first-order valence-corrected chi connectivity index (χ1v) is 8.71. The second-order valence-electron chi connectivity index (χ2n) is 7.41. The number of carboxylic acid groups (broad SMARTS) is 1. The van der Waals surface area contributed by atoms with Gasteiger partial charge in [-0.2, -0.15) is 0 Å². The molecule has 0 radical (unpaired) electrons. The fourth-order valence-corrected chi connectivity index (χ4v) is 2.83. The molecule has 1 aromatic rings. The fourth-order valence-electron chi connectivity index (χ4n) is 2.83. The molecule has 2 rings (SSSR count). The first kappa shape index (κ1) is 19.1. The summed E-state index contributed by atoms with van der Waals surface area (Å²) >= 11 is 0. The Morgan fingerprint density at radius 3 is 2.56 bits per heavy atom. The minimum absolute atomic E-state index is 0.163. The Labute approximate surface area is 148 Å².